The minimum absolute atomic E-state index is 0.0792. The van der Waals surface area contributed by atoms with Crippen molar-refractivity contribution in [1.82, 2.24) is 0 Å². The van der Waals surface area contributed by atoms with Crippen LogP contribution in [-0.2, 0) is 5.41 Å². The number of nitrogens with zero attached hydrogens (tertiary/aromatic N) is 1. The molecule has 38 heavy (non-hydrogen) atoms. The van der Waals surface area contributed by atoms with Crippen LogP contribution in [0.5, 0.6) is 11.5 Å². The van der Waals surface area contributed by atoms with Crippen molar-refractivity contribution < 1.29 is 9.47 Å². The van der Waals surface area contributed by atoms with E-state index < -0.39 is 0 Å². The summed E-state index contributed by atoms with van der Waals surface area (Å²) in [5, 5.41) is 0. The maximum Gasteiger partial charge on any atom is 0.122 e. The highest BCUT2D eigenvalue weighted by molar-refractivity contribution is 5.85. The summed E-state index contributed by atoms with van der Waals surface area (Å²) < 4.78 is 11.7. The second-order valence-electron chi connectivity index (χ2n) is 10.3. The highest BCUT2D eigenvalue weighted by Crippen LogP contribution is 2.50. The van der Waals surface area contributed by atoms with Crippen molar-refractivity contribution >= 4 is 17.1 Å². The topological polar surface area (TPSA) is 21.7 Å². The van der Waals surface area contributed by atoms with Gasteiger partial charge in [0.2, 0.25) is 0 Å². The average molecular weight is 502 g/mol. The lowest BCUT2D eigenvalue weighted by Gasteiger charge is -2.29. The van der Waals surface area contributed by atoms with Crippen LogP contribution in [-0.4, -0.2) is 13.2 Å². The molecule has 0 saturated carbocycles. The Morgan fingerprint density at radius 2 is 1.16 bits per heavy atom. The third-order valence-electron chi connectivity index (χ3n) is 7.37. The molecule has 0 amide bonds. The van der Waals surface area contributed by atoms with E-state index in [1.54, 1.807) is 12.2 Å². The summed E-state index contributed by atoms with van der Waals surface area (Å²) in [5.74, 6) is 1.73. The summed E-state index contributed by atoms with van der Waals surface area (Å²) in [4.78, 5) is 2.31. The standard InChI is InChI=1S/C35H35NO2/c1-7-19-37-33-17-14-26(21-24(33)3)36(27-15-18-34(25(4)22-27)38-20-8-2)28-13-16-30-29-11-9-10-12-31(29)35(5,6)32(30)23-28/h7-18,21-23H,1-2,19-20H2,3-6H3. The van der Waals surface area contributed by atoms with Crippen LogP contribution in [0.15, 0.2) is 104 Å². The number of hydrogen-bond acceptors (Lipinski definition) is 3. The van der Waals surface area contributed by atoms with Gasteiger partial charge in [-0.2, -0.15) is 0 Å². The Labute approximate surface area is 226 Å². The van der Waals surface area contributed by atoms with E-state index in [2.05, 4.69) is 112 Å². The zero-order valence-electron chi connectivity index (χ0n) is 22.8. The smallest absolute Gasteiger partial charge is 0.122 e. The van der Waals surface area contributed by atoms with Gasteiger partial charge in [-0.3, -0.25) is 0 Å². The molecule has 1 aliphatic rings. The Morgan fingerprint density at radius 1 is 0.658 bits per heavy atom. The molecule has 0 radical (unpaired) electrons. The van der Waals surface area contributed by atoms with E-state index in [1.165, 1.54) is 22.3 Å². The lowest BCUT2D eigenvalue weighted by atomic mass is 9.82. The van der Waals surface area contributed by atoms with Crippen LogP contribution in [0.3, 0.4) is 0 Å². The Balaban J connectivity index is 1.64. The number of aryl methyl sites for hydroxylation is 2. The first kappa shape index (κ1) is 25.4. The monoisotopic (exact) mass is 501 g/mol. The van der Waals surface area contributed by atoms with Crippen molar-refractivity contribution in [3.8, 4) is 22.6 Å². The number of hydrogen-bond donors (Lipinski definition) is 0. The number of rotatable bonds is 9. The molecule has 3 heteroatoms. The van der Waals surface area contributed by atoms with Crippen LogP contribution in [0.4, 0.5) is 17.1 Å². The fourth-order valence-corrected chi connectivity index (χ4v) is 5.45. The van der Waals surface area contributed by atoms with Gasteiger partial charge in [-0.15, -0.1) is 0 Å². The minimum Gasteiger partial charge on any atom is -0.489 e. The van der Waals surface area contributed by atoms with Crippen molar-refractivity contribution in [3.63, 3.8) is 0 Å². The Bertz CT molecular complexity index is 1450. The van der Waals surface area contributed by atoms with Gasteiger partial charge in [0.05, 0.1) is 0 Å². The van der Waals surface area contributed by atoms with Crippen LogP contribution < -0.4 is 14.4 Å². The van der Waals surface area contributed by atoms with E-state index in [0.29, 0.717) is 13.2 Å². The molecule has 0 aromatic heterocycles. The maximum atomic E-state index is 5.87. The predicted molar refractivity (Wildman–Crippen MR) is 160 cm³/mol. The number of ether oxygens (including phenoxy) is 2. The molecule has 0 unspecified atom stereocenters. The lowest BCUT2D eigenvalue weighted by Crippen LogP contribution is -2.16. The normalized spacial score (nSPS) is 12.8. The zero-order chi connectivity index (χ0) is 26.9. The fourth-order valence-electron chi connectivity index (χ4n) is 5.45. The van der Waals surface area contributed by atoms with Crippen LogP contribution in [0.2, 0.25) is 0 Å². The van der Waals surface area contributed by atoms with Crippen molar-refractivity contribution in [2.75, 3.05) is 18.1 Å². The van der Waals surface area contributed by atoms with Gasteiger partial charge in [0.1, 0.15) is 24.7 Å². The third kappa shape index (κ3) is 4.50. The summed E-state index contributed by atoms with van der Waals surface area (Å²) in [6.45, 7) is 17.3. The highest BCUT2D eigenvalue weighted by atomic mass is 16.5. The molecule has 3 nitrogen and oxygen atoms in total. The van der Waals surface area contributed by atoms with Crippen LogP contribution in [0.1, 0.15) is 36.1 Å². The second kappa shape index (κ2) is 10.3. The minimum atomic E-state index is -0.0792. The molecule has 0 bridgehead atoms. The molecule has 0 spiro atoms. The summed E-state index contributed by atoms with van der Waals surface area (Å²) in [7, 11) is 0. The van der Waals surface area contributed by atoms with E-state index in [9.17, 15) is 0 Å². The van der Waals surface area contributed by atoms with Crippen LogP contribution in [0, 0.1) is 13.8 Å². The van der Waals surface area contributed by atoms with Gasteiger partial charge in [0.15, 0.2) is 0 Å². The van der Waals surface area contributed by atoms with Gasteiger partial charge < -0.3 is 14.4 Å². The zero-order valence-corrected chi connectivity index (χ0v) is 22.8. The molecular formula is C35H35NO2. The largest absolute Gasteiger partial charge is 0.489 e. The van der Waals surface area contributed by atoms with Gasteiger partial charge >= 0.3 is 0 Å². The van der Waals surface area contributed by atoms with E-state index in [0.717, 1.165) is 39.7 Å². The predicted octanol–water partition coefficient (Wildman–Crippen LogP) is 9.21. The summed E-state index contributed by atoms with van der Waals surface area (Å²) in [5.41, 5.74) is 10.7. The first-order valence-electron chi connectivity index (χ1n) is 13.1. The number of anilines is 3. The van der Waals surface area contributed by atoms with Crippen molar-refractivity contribution in [3.05, 3.63) is 126 Å². The van der Waals surface area contributed by atoms with Crippen molar-refractivity contribution in [2.24, 2.45) is 0 Å². The van der Waals surface area contributed by atoms with E-state index >= 15 is 0 Å². The molecule has 0 saturated heterocycles. The van der Waals surface area contributed by atoms with Crippen molar-refractivity contribution in [2.45, 2.75) is 33.1 Å². The molecule has 0 N–H and O–H groups in total. The Morgan fingerprint density at radius 3 is 1.71 bits per heavy atom. The van der Waals surface area contributed by atoms with E-state index in [1.807, 2.05) is 12.1 Å². The number of benzene rings is 4. The molecule has 4 aromatic rings. The summed E-state index contributed by atoms with van der Waals surface area (Å²) >= 11 is 0. The quantitative estimate of drug-likeness (QED) is 0.213. The molecule has 1 aliphatic carbocycles. The van der Waals surface area contributed by atoms with Gasteiger partial charge in [-0.25, -0.2) is 0 Å². The summed E-state index contributed by atoms with van der Waals surface area (Å²) in [6, 6.07) is 28.3. The Kier molecular flexibility index (Phi) is 6.86. The molecular weight excluding hydrogens is 466 g/mol. The van der Waals surface area contributed by atoms with E-state index in [4.69, 9.17) is 9.47 Å². The molecule has 0 fully saturated rings. The molecule has 4 aromatic carbocycles. The summed E-state index contributed by atoms with van der Waals surface area (Å²) in [6.07, 6.45) is 3.53. The average Bonchev–Trinajstić information content (AvgIpc) is 3.14. The van der Waals surface area contributed by atoms with Gasteiger partial charge in [0.25, 0.3) is 0 Å². The van der Waals surface area contributed by atoms with Crippen molar-refractivity contribution in [1.29, 1.82) is 0 Å². The Hall–Kier alpha value is -4.24. The van der Waals surface area contributed by atoms with Crippen LogP contribution >= 0.6 is 0 Å². The van der Waals surface area contributed by atoms with Crippen LogP contribution in [0.25, 0.3) is 11.1 Å². The van der Waals surface area contributed by atoms with Gasteiger partial charge in [0, 0.05) is 22.5 Å². The second-order valence-corrected chi connectivity index (χ2v) is 10.3. The molecule has 0 aliphatic heterocycles. The SMILES string of the molecule is C=CCOc1ccc(N(c2ccc(OCC=C)c(C)c2)c2ccc3c(c2)C(C)(C)c2ccccc2-3)cc1C. The first-order valence-corrected chi connectivity index (χ1v) is 13.1. The molecule has 192 valence electrons. The first-order chi connectivity index (χ1) is 18.3. The lowest BCUT2D eigenvalue weighted by molar-refractivity contribution is 0.360. The number of fused-ring (bicyclic) bond motifs is 3. The fraction of sp³-hybridized carbons (Fsp3) is 0.200. The molecule has 0 heterocycles. The maximum absolute atomic E-state index is 5.87. The highest BCUT2D eigenvalue weighted by Gasteiger charge is 2.35. The van der Waals surface area contributed by atoms with E-state index in [-0.39, 0.29) is 5.41 Å². The van der Waals surface area contributed by atoms with Gasteiger partial charge in [-0.1, -0.05) is 69.5 Å². The molecule has 0 atom stereocenters. The molecule has 5 rings (SSSR count). The third-order valence-corrected chi connectivity index (χ3v) is 7.37. The van der Waals surface area contributed by atoms with Gasteiger partial charge in [-0.05, 0) is 95.8 Å².